The first-order valence-electron chi connectivity index (χ1n) is 6.50. The highest BCUT2D eigenvalue weighted by Crippen LogP contribution is 2.34. The molecule has 0 aromatic carbocycles. The Hall–Kier alpha value is -1.36. The molecule has 0 saturated carbocycles. The van der Waals surface area contributed by atoms with E-state index >= 15 is 0 Å². The molecular formula is C13H21N3O2. The molecule has 1 unspecified atom stereocenters. The Balaban J connectivity index is 2.07. The zero-order chi connectivity index (χ0) is 13.2. The summed E-state index contributed by atoms with van der Waals surface area (Å²) in [7, 11) is 1.92. The molecule has 1 aromatic rings. The lowest BCUT2D eigenvalue weighted by Gasteiger charge is -2.39. The van der Waals surface area contributed by atoms with Crippen LogP contribution < -0.4 is 0 Å². The first-order chi connectivity index (χ1) is 8.57. The van der Waals surface area contributed by atoms with Crippen molar-refractivity contribution >= 4 is 5.97 Å². The average Bonchev–Trinajstić information content (AvgIpc) is 2.75. The molecule has 0 bridgehead atoms. The number of aromatic nitrogens is 2. The van der Waals surface area contributed by atoms with Crippen LogP contribution in [0.15, 0.2) is 12.3 Å². The van der Waals surface area contributed by atoms with Crippen molar-refractivity contribution in [3.05, 3.63) is 18.0 Å². The van der Waals surface area contributed by atoms with Gasteiger partial charge < -0.3 is 5.11 Å². The normalized spacial score (nSPS) is 25.2. The van der Waals surface area contributed by atoms with E-state index in [1.165, 1.54) is 0 Å². The highest BCUT2D eigenvalue weighted by Gasteiger charge is 2.40. The van der Waals surface area contributed by atoms with Gasteiger partial charge in [0.15, 0.2) is 0 Å². The van der Waals surface area contributed by atoms with Crippen LogP contribution in [0.5, 0.6) is 0 Å². The maximum atomic E-state index is 11.5. The third kappa shape index (κ3) is 2.41. The predicted molar refractivity (Wildman–Crippen MR) is 68.1 cm³/mol. The van der Waals surface area contributed by atoms with Crippen LogP contribution >= 0.6 is 0 Å². The highest BCUT2D eigenvalue weighted by atomic mass is 16.4. The number of aryl methyl sites for hydroxylation is 1. The number of nitrogens with zero attached hydrogens (tertiary/aromatic N) is 3. The molecule has 0 spiro atoms. The van der Waals surface area contributed by atoms with E-state index in [0.29, 0.717) is 13.0 Å². The van der Waals surface area contributed by atoms with Crippen LogP contribution in [0.25, 0.3) is 0 Å². The second kappa shape index (κ2) is 5.10. The van der Waals surface area contributed by atoms with Gasteiger partial charge in [-0.3, -0.25) is 14.4 Å². The summed E-state index contributed by atoms with van der Waals surface area (Å²) >= 11 is 0. The Kier molecular flexibility index (Phi) is 3.71. The summed E-state index contributed by atoms with van der Waals surface area (Å²) in [6.45, 7) is 4.37. The number of aliphatic carboxylic acids is 1. The minimum Gasteiger partial charge on any atom is -0.481 e. The van der Waals surface area contributed by atoms with Crippen LogP contribution in [0.3, 0.4) is 0 Å². The molecule has 5 heteroatoms. The smallest absolute Gasteiger partial charge is 0.310 e. The quantitative estimate of drug-likeness (QED) is 0.881. The molecule has 2 rings (SSSR count). The van der Waals surface area contributed by atoms with Crippen molar-refractivity contribution in [1.82, 2.24) is 14.7 Å². The van der Waals surface area contributed by atoms with Gasteiger partial charge in [0.25, 0.3) is 0 Å². The van der Waals surface area contributed by atoms with Crippen LogP contribution in [0.2, 0.25) is 0 Å². The summed E-state index contributed by atoms with van der Waals surface area (Å²) in [6.07, 6.45) is 4.23. The third-order valence-corrected chi connectivity index (χ3v) is 4.09. The summed E-state index contributed by atoms with van der Waals surface area (Å²) in [5.41, 5.74) is 0.573. The lowest BCUT2D eigenvalue weighted by atomic mass is 9.77. The predicted octanol–water partition coefficient (Wildman–Crippen LogP) is 1.50. The Morgan fingerprint density at radius 3 is 2.94 bits per heavy atom. The molecule has 1 saturated heterocycles. The van der Waals surface area contributed by atoms with E-state index in [1.54, 1.807) is 6.20 Å². The molecule has 0 amide bonds. The van der Waals surface area contributed by atoms with Crippen LogP contribution in [0.4, 0.5) is 0 Å². The van der Waals surface area contributed by atoms with E-state index in [1.807, 2.05) is 24.7 Å². The van der Waals surface area contributed by atoms with Gasteiger partial charge in [0.2, 0.25) is 0 Å². The number of piperidine rings is 1. The molecule has 100 valence electrons. The number of hydrogen-bond acceptors (Lipinski definition) is 3. The fourth-order valence-electron chi connectivity index (χ4n) is 2.76. The van der Waals surface area contributed by atoms with Crippen molar-refractivity contribution in [2.24, 2.45) is 12.5 Å². The van der Waals surface area contributed by atoms with Gasteiger partial charge in [-0.05, 0) is 31.9 Å². The second-order valence-electron chi connectivity index (χ2n) is 5.20. The van der Waals surface area contributed by atoms with Gasteiger partial charge in [-0.1, -0.05) is 6.92 Å². The Morgan fingerprint density at radius 1 is 1.61 bits per heavy atom. The van der Waals surface area contributed by atoms with Crippen LogP contribution in [-0.4, -0.2) is 38.8 Å². The summed E-state index contributed by atoms with van der Waals surface area (Å²) < 4.78 is 1.85. The van der Waals surface area contributed by atoms with Crippen LogP contribution in [-0.2, 0) is 18.4 Å². The standard InChI is InChI=1S/C13H21N3O2/c1-3-13(12(17)18)6-4-8-16(10-13)9-11-5-7-14-15(11)2/h5,7H,3-4,6,8-10H2,1-2H3,(H,17,18). The average molecular weight is 251 g/mol. The van der Waals surface area contributed by atoms with E-state index in [9.17, 15) is 9.90 Å². The van der Waals surface area contributed by atoms with Crippen molar-refractivity contribution in [3.63, 3.8) is 0 Å². The molecule has 18 heavy (non-hydrogen) atoms. The minimum atomic E-state index is -0.653. The Labute approximate surface area is 107 Å². The van der Waals surface area contributed by atoms with Gasteiger partial charge in [-0.25, -0.2) is 0 Å². The fourth-order valence-corrected chi connectivity index (χ4v) is 2.76. The number of hydrogen-bond donors (Lipinski definition) is 1. The molecule has 1 aliphatic rings. The zero-order valence-electron chi connectivity index (χ0n) is 11.1. The molecule has 5 nitrogen and oxygen atoms in total. The number of rotatable bonds is 4. The molecule has 2 heterocycles. The monoisotopic (exact) mass is 251 g/mol. The van der Waals surface area contributed by atoms with E-state index in [2.05, 4.69) is 10.00 Å². The van der Waals surface area contributed by atoms with Crippen molar-refractivity contribution in [2.75, 3.05) is 13.1 Å². The van der Waals surface area contributed by atoms with Crippen molar-refractivity contribution < 1.29 is 9.90 Å². The Morgan fingerprint density at radius 2 is 2.39 bits per heavy atom. The lowest BCUT2D eigenvalue weighted by Crippen LogP contribution is -2.47. The number of likely N-dealkylation sites (tertiary alicyclic amines) is 1. The summed E-state index contributed by atoms with van der Waals surface area (Å²) in [4.78, 5) is 13.7. The van der Waals surface area contributed by atoms with Crippen LogP contribution in [0, 0.1) is 5.41 Å². The number of carboxylic acid groups (broad SMARTS) is 1. The molecular weight excluding hydrogens is 230 g/mol. The highest BCUT2D eigenvalue weighted by molar-refractivity contribution is 5.75. The van der Waals surface area contributed by atoms with Crippen molar-refractivity contribution in [3.8, 4) is 0 Å². The summed E-state index contributed by atoms with van der Waals surface area (Å²) in [5, 5.41) is 13.6. The summed E-state index contributed by atoms with van der Waals surface area (Å²) in [6, 6.07) is 1.99. The van der Waals surface area contributed by atoms with E-state index in [4.69, 9.17) is 0 Å². The summed E-state index contributed by atoms with van der Waals surface area (Å²) in [5.74, 6) is -0.653. The van der Waals surface area contributed by atoms with Crippen LogP contribution in [0.1, 0.15) is 31.9 Å². The molecule has 1 N–H and O–H groups in total. The third-order valence-electron chi connectivity index (χ3n) is 4.09. The maximum absolute atomic E-state index is 11.5. The van der Waals surface area contributed by atoms with E-state index in [-0.39, 0.29) is 0 Å². The van der Waals surface area contributed by atoms with Gasteiger partial charge in [-0.15, -0.1) is 0 Å². The minimum absolute atomic E-state index is 0.559. The van der Waals surface area contributed by atoms with Gasteiger partial charge >= 0.3 is 5.97 Å². The molecule has 1 aliphatic heterocycles. The SMILES string of the molecule is CCC1(C(=O)O)CCCN(Cc2ccnn2C)C1. The molecule has 1 aromatic heterocycles. The van der Waals surface area contributed by atoms with Gasteiger partial charge in [0, 0.05) is 26.3 Å². The largest absolute Gasteiger partial charge is 0.481 e. The molecule has 0 radical (unpaired) electrons. The van der Waals surface area contributed by atoms with Crippen molar-refractivity contribution in [1.29, 1.82) is 0 Å². The van der Waals surface area contributed by atoms with Gasteiger partial charge in [0.1, 0.15) is 0 Å². The van der Waals surface area contributed by atoms with Gasteiger partial charge in [-0.2, -0.15) is 5.10 Å². The molecule has 0 aliphatic carbocycles. The Bertz CT molecular complexity index is 430. The van der Waals surface area contributed by atoms with E-state index in [0.717, 1.165) is 31.6 Å². The molecule has 1 fully saturated rings. The second-order valence-corrected chi connectivity index (χ2v) is 5.20. The van der Waals surface area contributed by atoms with E-state index < -0.39 is 11.4 Å². The molecule has 1 atom stereocenters. The number of carbonyl (C=O) groups is 1. The first kappa shape index (κ1) is 13.1. The zero-order valence-corrected chi connectivity index (χ0v) is 11.1. The van der Waals surface area contributed by atoms with Gasteiger partial charge in [0.05, 0.1) is 11.1 Å². The lowest BCUT2D eigenvalue weighted by molar-refractivity contribution is -0.153. The van der Waals surface area contributed by atoms with Crippen molar-refractivity contribution in [2.45, 2.75) is 32.7 Å². The topological polar surface area (TPSA) is 58.4 Å². The first-order valence-corrected chi connectivity index (χ1v) is 6.50. The maximum Gasteiger partial charge on any atom is 0.310 e. The number of carboxylic acids is 1. The fraction of sp³-hybridized carbons (Fsp3) is 0.692.